The van der Waals surface area contributed by atoms with Crippen molar-refractivity contribution in [2.45, 2.75) is 38.8 Å². The second-order valence-corrected chi connectivity index (χ2v) is 5.11. The Bertz CT molecular complexity index is 324. The highest BCUT2D eigenvalue weighted by molar-refractivity contribution is 5.06. The van der Waals surface area contributed by atoms with Crippen molar-refractivity contribution < 1.29 is 0 Å². The molecule has 0 atom stereocenters. The molecule has 0 bridgehead atoms. The molecule has 1 fully saturated rings. The van der Waals surface area contributed by atoms with Crippen molar-refractivity contribution in [3.8, 4) is 0 Å². The third-order valence-corrected chi connectivity index (χ3v) is 3.75. The Morgan fingerprint density at radius 1 is 1.35 bits per heavy atom. The standard InChI is InChI=1S/C14H25N3/c1-3-8-17-10-6-13(7-11-17)15-12-14-5-4-9-16(14)2/h4-5,9,13,15H,3,6-8,10-12H2,1-2H3. The summed E-state index contributed by atoms with van der Waals surface area (Å²) in [6.45, 7) is 7.06. The van der Waals surface area contributed by atoms with Crippen LogP contribution < -0.4 is 5.32 Å². The van der Waals surface area contributed by atoms with E-state index in [1.54, 1.807) is 0 Å². The molecule has 0 saturated carbocycles. The van der Waals surface area contributed by atoms with Crippen LogP contribution in [-0.4, -0.2) is 35.1 Å². The fourth-order valence-corrected chi connectivity index (χ4v) is 2.61. The van der Waals surface area contributed by atoms with Crippen LogP contribution in [0, 0.1) is 0 Å². The minimum Gasteiger partial charge on any atom is -0.353 e. The van der Waals surface area contributed by atoms with Gasteiger partial charge in [-0.3, -0.25) is 0 Å². The van der Waals surface area contributed by atoms with Gasteiger partial charge < -0.3 is 14.8 Å². The Morgan fingerprint density at radius 3 is 2.71 bits per heavy atom. The van der Waals surface area contributed by atoms with Gasteiger partial charge in [0.05, 0.1) is 0 Å². The van der Waals surface area contributed by atoms with Crippen LogP contribution in [0.1, 0.15) is 31.9 Å². The van der Waals surface area contributed by atoms with Gasteiger partial charge in [-0.2, -0.15) is 0 Å². The molecule has 1 aliphatic rings. The molecule has 17 heavy (non-hydrogen) atoms. The summed E-state index contributed by atoms with van der Waals surface area (Å²) in [5.41, 5.74) is 1.38. The van der Waals surface area contributed by atoms with Gasteiger partial charge in [0.2, 0.25) is 0 Å². The van der Waals surface area contributed by atoms with E-state index < -0.39 is 0 Å². The van der Waals surface area contributed by atoms with E-state index in [-0.39, 0.29) is 0 Å². The number of piperidine rings is 1. The molecule has 0 spiro atoms. The summed E-state index contributed by atoms with van der Waals surface area (Å²) in [6.07, 6.45) is 5.98. The van der Waals surface area contributed by atoms with Crippen LogP contribution >= 0.6 is 0 Å². The van der Waals surface area contributed by atoms with Gasteiger partial charge in [-0.1, -0.05) is 6.92 Å². The Morgan fingerprint density at radius 2 is 2.12 bits per heavy atom. The van der Waals surface area contributed by atoms with Gasteiger partial charge in [-0.15, -0.1) is 0 Å². The first-order chi connectivity index (χ1) is 8.29. The second kappa shape index (κ2) is 6.22. The van der Waals surface area contributed by atoms with E-state index in [0.717, 1.165) is 6.54 Å². The lowest BCUT2D eigenvalue weighted by atomic mass is 10.0. The van der Waals surface area contributed by atoms with Gasteiger partial charge in [0.1, 0.15) is 0 Å². The summed E-state index contributed by atoms with van der Waals surface area (Å²) in [5, 5.41) is 3.68. The maximum absolute atomic E-state index is 3.68. The lowest BCUT2D eigenvalue weighted by molar-refractivity contribution is 0.197. The SMILES string of the molecule is CCCN1CCC(NCc2cccn2C)CC1. The van der Waals surface area contributed by atoms with Crippen molar-refractivity contribution in [2.75, 3.05) is 19.6 Å². The number of hydrogen-bond acceptors (Lipinski definition) is 2. The molecule has 2 heterocycles. The van der Waals surface area contributed by atoms with Crippen molar-refractivity contribution in [3.05, 3.63) is 24.0 Å². The summed E-state index contributed by atoms with van der Waals surface area (Å²) in [5.74, 6) is 0. The number of aromatic nitrogens is 1. The molecule has 3 heteroatoms. The lowest BCUT2D eigenvalue weighted by Crippen LogP contribution is -2.42. The molecule has 0 radical (unpaired) electrons. The summed E-state index contributed by atoms with van der Waals surface area (Å²) in [4.78, 5) is 2.58. The molecule has 3 nitrogen and oxygen atoms in total. The van der Waals surface area contributed by atoms with Crippen molar-refractivity contribution in [3.63, 3.8) is 0 Å². The predicted molar refractivity (Wildman–Crippen MR) is 72.0 cm³/mol. The maximum Gasteiger partial charge on any atom is 0.0361 e. The fourth-order valence-electron chi connectivity index (χ4n) is 2.61. The molecule has 96 valence electrons. The molecule has 0 aromatic carbocycles. The average molecular weight is 235 g/mol. The maximum atomic E-state index is 3.68. The normalized spacial score (nSPS) is 18.7. The number of aryl methyl sites for hydroxylation is 1. The highest BCUT2D eigenvalue weighted by Crippen LogP contribution is 2.11. The monoisotopic (exact) mass is 235 g/mol. The minimum absolute atomic E-state index is 0.706. The quantitative estimate of drug-likeness (QED) is 0.842. The van der Waals surface area contributed by atoms with Crippen LogP contribution in [0.3, 0.4) is 0 Å². The van der Waals surface area contributed by atoms with Gasteiger partial charge in [-0.05, 0) is 51.0 Å². The van der Waals surface area contributed by atoms with Crippen molar-refractivity contribution >= 4 is 0 Å². The smallest absolute Gasteiger partial charge is 0.0361 e. The van der Waals surface area contributed by atoms with Gasteiger partial charge in [0.15, 0.2) is 0 Å². The molecule has 1 saturated heterocycles. The molecule has 1 N–H and O–H groups in total. The van der Waals surface area contributed by atoms with E-state index in [4.69, 9.17) is 0 Å². The first-order valence-electron chi connectivity index (χ1n) is 6.85. The second-order valence-electron chi connectivity index (χ2n) is 5.11. The van der Waals surface area contributed by atoms with E-state index in [1.165, 1.54) is 44.6 Å². The highest BCUT2D eigenvalue weighted by atomic mass is 15.1. The molecule has 1 aromatic rings. The van der Waals surface area contributed by atoms with Crippen molar-refractivity contribution in [1.82, 2.24) is 14.8 Å². The molecule has 0 amide bonds. The number of nitrogens with zero attached hydrogens (tertiary/aromatic N) is 2. The van der Waals surface area contributed by atoms with Gasteiger partial charge in [-0.25, -0.2) is 0 Å². The first kappa shape index (κ1) is 12.7. The van der Waals surface area contributed by atoms with Gasteiger partial charge in [0, 0.05) is 31.5 Å². The summed E-state index contributed by atoms with van der Waals surface area (Å²) < 4.78 is 2.19. The Labute approximate surface area is 105 Å². The van der Waals surface area contributed by atoms with E-state index in [9.17, 15) is 0 Å². The van der Waals surface area contributed by atoms with Crippen LogP contribution in [0.5, 0.6) is 0 Å². The number of nitrogens with one attached hydrogen (secondary N) is 1. The molecular formula is C14H25N3. The van der Waals surface area contributed by atoms with E-state index in [1.807, 2.05) is 0 Å². The topological polar surface area (TPSA) is 20.2 Å². The molecule has 0 aliphatic carbocycles. The predicted octanol–water partition coefficient (Wildman–Crippen LogP) is 1.99. The summed E-state index contributed by atoms with van der Waals surface area (Å²) in [6, 6.07) is 5.01. The zero-order chi connectivity index (χ0) is 12.1. The van der Waals surface area contributed by atoms with Crippen LogP contribution in [-0.2, 0) is 13.6 Å². The van der Waals surface area contributed by atoms with Crippen LogP contribution in [0.15, 0.2) is 18.3 Å². The largest absolute Gasteiger partial charge is 0.353 e. The van der Waals surface area contributed by atoms with E-state index in [2.05, 4.69) is 47.1 Å². The summed E-state index contributed by atoms with van der Waals surface area (Å²) >= 11 is 0. The Balaban J connectivity index is 1.70. The van der Waals surface area contributed by atoms with Crippen LogP contribution in [0.25, 0.3) is 0 Å². The van der Waals surface area contributed by atoms with E-state index >= 15 is 0 Å². The Kier molecular flexibility index (Phi) is 4.63. The molecule has 1 aromatic heterocycles. The van der Waals surface area contributed by atoms with Gasteiger partial charge >= 0.3 is 0 Å². The first-order valence-corrected chi connectivity index (χ1v) is 6.85. The number of rotatable bonds is 5. The number of likely N-dealkylation sites (tertiary alicyclic amines) is 1. The van der Waals surface area contributed by atoms with Gasteiger partial charge in [0.25, 0.3) is 0 Å². The molecule has 0 unspecified atom stereocenters. The van der Waals surface area contributed by atoms with E-state index in [0.29, 0.717) is 6.04 Å². The zero-order valence-electron chi connectivity index (χ0n) is 11.2. The van der Waals surface area contributed by atoms with Crippen molar-refractivity contribution in [1.29, 1.82) is 0 Å². The third-order valence-electron chi connectivity index (χ3n) is 3.75. The lowest BCUT2D eigenvalue weighted by Gasteiger charge is -2.32. The minimum atomic E-state index is 0.706. The third kappa shape index (κ3) is 3.58. The zero-order valence-corrected chi connectivity index (χ0v) is 11.2. The molecular weight excluding hydrogens is 210 g/mol. The highest BCUT2D eigenvalue weighted by Gasteiger charge is 2.17. The summed E-state index contributed by atoms with van der Waals surface area (Å²) in [7, 11) is 2.11. The Hall–Kier alpha value is -0.800. The molecule has 1 aliphatic heterocycles. The molecule has 2 rings (SSSR count). The average Bonchev–Trinajstić information content (AvgIpc) is 2.75. The van der Waals surface area contributed by atoms with Crippen LogP contribution in [0.4, 0.5) is 0 Å². The van der Waals surface area contributed by atoms with Crippen molar-refractivity contribution in [2.24, 2.45) is 7.05 Å². The fraction of sp³-hybridized carbons (Fsp3) is 0.714. The number of hydrogen-bond donors (Lipinski definition) is 1. The van der Waals surface area contributed by atoms with Crippen LogP contribution in [0.2, 0.25) is 0 Å².